The van der Waals surface area contributed by atoms with Crippen LogP contribution in [0.1, 0.15) is 52.1 Å². The van der Waals surface area contributed by atoms with E-state index in [1.54, 1.807) is 0 Å². The molecule has 0 amide bonds. The van der Waals surface area contributed by atoms with Gasteiger partial charge in [0.15, 0.2) is 11.5 Å². The number of benzene rings is 2. The average molecular weight is 450 g/mol. The Bertz CT molecular complexity index is 1180. The third kappa shape index (κ3) is 4.40. The van der Waals surface area contributed by atoms with E-state index in [1.807, 2.05) is 63.2 Å². The number of aromatic nitrogens is 2. The Labute approximate surface area is 194 Å². The van der Waals surface area contributed by atoms with Crippen LogP contribution < -0.4 is 14.8 Å². The molecule has 0 saturated carbocycles. The molecule has 1 N–H and O–H groups in total. The van der Waals surface area contributed by atoms with Crippen LogP contribution in [0.15, 0.2) is 53.7 Å². The molecule has 0 fully saturated rings. The predicted molar refractivity (Wildman–Crippen MR) is 129 cm³/mol. The Balaban J connectivity index is 1.87. The number of carbonyl (C=O) groups is 1. The summed E-state index contributed by atoms with van der Waals surface area (Å²) in [5.74, 6) is 1.71. The van der Waals surface area contributed by atoms with Crippen LogP contribution in [-0.4, -0.2) is 35.3 Å². The first-order valence-electron chi connectivity index (χ1n) is 11.6. The number of nitrogens with one attached hydrogen (secondary N) is 1. The smallest absolute Gasteiger partial charge is 0.338 e. The number of para-hydroxylation sites is 2. The minimum absolute atomic E-state index is 0.300. The Morgan fingerprint density at radius 3 is 2.64 bits per heavy atom. The molecule has 0 aliphatic carbocycles. The Kier molecular flexibility index (Phi) is 6.87. The topological polar surface area (TPSA) is 74.6 Å². The summed E-state index contributed by atoms with van der Waals surface area (Å²) in [5.41, 5.74) is 3.96. The lowest BCUT2D eigenvalue weighted by Crippen LogP contribution is -2.29. The Hall–Kier alpha value is -3.48. The molecular formula is C26H31N3O4. The lowest BCUT2D eigenvalue weighted by Gasteiger charge is -2.30. The summed E-state index contributed by atoms with van der Waals surface area (Å²) in [6.45, 7) is 9.22. The quantitative estimate of drug-likeness (QED) is 0.345. The van der Waals surface area contributed by atoms with Crippen LogP contribution in [0.25, 0.3) is 11.0 Å². The van der Waals surface area contributed by atoms with E-state index in [-0.39, 0.29) is 5.97 Å². The van der Waals surface area contributed by atoms with Crippen molar-refractivity contribution in [1.82, 2.24) is 9.55 Å². The van der Waals surface area contributed by atoms with Crippen LogP contribution in [0.2, 0.25) is 0 Å². The maximum atomic E-state index is 13.1. The number of esters is 1. The number of hydrogen-bond donors (Lipinski definition) is 1. The van der Waals surface area contributed by atoms with Crippen molar-refractivity contribution in [3.63, 3.8) is 0 Å². The fraction of sp³-hybridized carbons (Fsp3) is 0.385. The predicted octanol–water partition coefficient (Wildman–Crippen LogP) is 5.47. The number of nitrogens with zero attached hydrogens (tertiary/aromatic N) is 2. The van der Waals surface area contributed by atoms with Gasteiger partial charge in [-0.2, -0.15) is 0 Å². The summed E-state index contributed by atoms with van der Waals surface area (Å²) in [6, 6.07) is 13.4. The van der Waals surface area contributed by atoms with E-state index in [1.165, 1.54) is 0 Å². The SMILES string of the molecule is CCCCOc1ccc(C2C(C(=O)OCC)=C(C)Nc3nc4ccccc4n32)cc1OCC. The molecule has 2 heterocycles. The molecule has 33 heavy (non-hydrogen) atoms. The highest BCUT2D eigenvalue weighted by Gasteiger charge is 2.35. The fourth-order valence-corrected chi connectivity index (χ4v) is 4.16. The molecule has 0 bridgehead atoms. The molecule has 0 spiro atoms. The number of unbranched alkanes of at least 4 members (excludes halogenated alkanes) is 1. The van der Waals surface area contributed by atoms with Crippen molar-refractivity contribution in [3.05, 3.63) is 59.3 Å². The first-order valence-corrected chi connectivity index (χ1v) is 11.6. The van der Waals surface area contributed by atoms with Crippen molar-refractivity contribution in [1.29, 1.82) is 0 Å². The van der Waals surface area contributed by atoms with Crippen molar-refractivity contribution >= 4 is 23.0 Å². The van der Waals surface area contributed by atoms with Gasteiger partial charge in [-0.3, -0.25) is 4.57 Å². The maximum Gasteiger partial charge on any atom is 0.338 e. The summed E-state index contributed by atoms with van der Waals surface area (Å²) < 4.78 is 19.4. The molecule has 174 valence electrons. The van der Waals surface area contributed by atoms with Gasteiger partial charge < -0.3 is 19.5 Å². The minimum Gasteiger partial charge on any atom is -0.490 e. The normalized spacial score (nSPS) is 15.2. The van der Waals surface area contributed by atoms with E-state index in [2.05, 4.69) is 16.8 Å². The highest BCUT2D eigenvalue weighted by molar-refractivity contribution is 5.94. The largest absolute Gasteiger partial charge is 0.490 e. The number of imidazole rings is 1. The second kappa shape index (κ2) is 9.98. The number of carbonyl (C=O) groups excluding carboxylic acids is 1. The average Bonchev–Trinajstić information content (AvgIpc) is 3.17. The maximum absolute atomic E-state index is 13.1. The summed E-state index contributed by atoms with van der Waals surface area (Å²) in [6.07, 6.45) is 2.03. The van der Waals surface area contributed by atoms with Gasteiger partial charge >= 0.3 is 5.97 Å². The molecule has 1 aliphatic rings. The molecule has 7 nitrogen and oxygen atoms in total. The van der Waals surface area contributed by atoms with Crippen LogP contribution in [0.5, 0.6) is 11.5 Å². The number of ether oxygens (including phenoxy) is 3. The molecular weight excluding hydrogens is 418 g/mol. The van der Waals surface area contributed by atoms with Crippen molar-refractivity contribution in [2.24, 2.45) is 0 Å². The highest BCUT2D eigenvalue weighted by Crippen LogP contribution is 2.42. The number of rotatable bonds is 9. The number of fused-ring (bicyclic) bond motifs is 3. The zero-order chi connectivity index (χ0) is 23.4. The van der Waals surface area contributed by atoms with Gasteiger partial charge in [0.2, 0.25) is 5.95 Å². The minimum atomic E-state index is -0.420. The summed E-state index contributed by atoms with van der Waals surface area (Å²) >= 11 is 0. The molecule has 1 atom stereocenters. The number of anilines is 1. The van der Waals surface area contributed by atoms with Gasteiger partial charge in [-0.25, -0.2) is 9.78 Å². The van der Waals surface area contributed by atoms with E-state index in [9.17, 15) is 4.79 Å². The molecule has 1 aliphatic heterocycles. The first kappa shape index (κ1) is 22.7. The number of allylic oxidation sites excluding steroid dienone is 1. The van der Waals surface area contributed by atoms with Crippen LogP contribution in [-0.2, 0) is 9.53 Å². The van der Waals surface area contributed by atoms with E-state index >= 15 is 0 Å². The molecule has 2 aromatic carbocycles. The van der Waals surface area contributed by atoms with Gasteiger partial charge in [-0.05, 0) is 57.0 Å². The molecule has 0 radical (unpaired) electrons. The van der Waals surface area contributed by atoms with Gasteiger partial charge in [0.25, 0.3) is 0 Å². The third-order valence-electron chi connectivity index (χ3n) is 5.66. The van der Waals surface area contributed by atoms with Crippen LogP contribution >= 0.6 is 0 Å². The zero-order valence-corrected chi connectivity index (χ0v) is 19.7. The van der Waals surface area contributed by atoms with E-state index in [4.69, 9.17) is 19.2 Å². The second-order valence-corrected chi connectivity index (χ2v) is 7.92. The van der Waals surface area contributed by atoms with E-state index < -0.39 is 6.04 Å². The summed E-state index contributed by atoms with van der Waals surface area (Å²) in [5, 5.41) is 3.30. The molecule has 1 aromatic heterocycles. The molecule has 7 heteroatoms. The Morgan fingerprint density at radius 2 is 1.88 bits per heavy atom. The molecule has 1 unspecified atom stereocenters. The van der Waals surface area contributed by atoms with Gasteiger partial charge in [0, 0.05) is 5.70 Å². The van der Waals surface area contributed by atoms with E-state index in [0.717, 1.165) is 35.1 Å². The fourth-order valence-electron chi connectivity index (χ4n) is 4.16. The third-order valence-corrected chi connectivity index (χ3v) is 5.66. The van der Waals surface area contributed by atoms with Crippen LogP contribution in [0.4, 0.5) is 5.95 Å². The van der Waals surface area contributed by atoms with E-state index in [0.29, 0.717) is 42.8 Å². The van der Waals surface area contributed by atoms with Crippen LogP contribution in [0.3, 0.4) is 0 Å². The van der Waals surface area contributed by atoms with Gasteiger partial charge in [0.05, 0.1) is 42.5 Å². The van der Waals surface area contributed by atoms with Crippen molar-refractivity contribution < 1.29 is 19.0 Å². The molecule has 4 rings (SSSR count). The van der Waals surface area contributed by atoms with Gasteiger partial charge in [0.1, 0.15) is 0 Å². The lowest BCUT2D eigenvalue weighted by molar-refractivity contribution is -0.139. The standard InChI is InChI=1S/C26H31N3O4/c1-5-8-15-33-21-14-13-18(16-22(21)31-6-2)24-23(25(30)32-7-3)17(4)27-26-28-19-11-9-10-12-20(19)29(24)26/h9-14,16,24H,5-8,15H2,1-4H3,(H,27,28). The van der Waals surface area contributed by atoms with Gasteiger partial charge in [-0.15, -0.1) is 0 Å². The van der Waals surface area contributed by atoms with Crippen molar-refractivity contribution in [2.45, 2.75) is 46.6 Å². The Morgan fingerprint density at radius 1 is 1.06 bits per heavy atom. The summed E-state index contributed by atoms with van der Waals surface area (Å²) in [7, 11) is 0. The highest BCUT2D eigenvalue weighted by atomic mass is 16.5. The summed E-state index contributed by atoms with van der Waals surface area (Å²) in [4.78, 5) is 17.9. The molecule has 0 saturated heterocycles. The lowest BCUT2D eigenvalue weighted by atomic mass is 9.94. The monoisotopic (exact) mass is 449 g/mol. The number of hydrogen-bond acceptors (Lipinski definition) is 6. The van der Waals surface area contributed by atoms with Crippen molar-refractivity contribution in [2.75, 3.05) is 25.1 Å². The second-order valence-electron chi connectivity index (χ2n) is 7.92. The zero-order valence-electron chi connectivity index (χ0n) is 19.7. The molecule has 3 aromatic rings. The van der Waals surface area contributed by atoms with Crippen LogP contribution in [0, 0.1) is 0 Å². The van der Waals surface area contributed by atoms with Crippen molar-refractivity contribution in [3.8, 4) is 11.5 Å². The van der Waals surface area contributed by atoms with Gasteiger partial charge in [-0.1, -0.05) is 31.5 Å². The first-order chi connectivity index (χ1) is 16.1.